The zero-order valence-electron chi connectivity index (χ0n) is 17.6. The Balaban J connectivity index is 1.49. The van der Waals surface area contributed by atoms with Gasteiger partial charge in [-0.05, 0) is 36.5 Å². The number of carbonyl (C=O) groups excluding carboxylic acids is 3. The van der Waals surface area contributed by atoms with E-state index in [1.54, 1.807) is 6.92 Å². The van der Waals surface area contributed by atoms with Gasteiger partial charge in [0.15, 0.2) is 5.75 Å². The van der Waals surface area contributed by atoms with Crippen LogP contribution >= 0.6 is 0 Å². The number of amides is 4. The summed E-state index contributed by atoms with van der Waals surface area (Å²) in [5, 5.41) is 16.5. The van der Waals surface area contributed by atoms with Crippen molar-refractivity contribution in [3.8, 4) is 5.75 Å². The summed E-state index contributed by atoms with van der Waals surface area (Å²) in [6, 6.07) is 9.81. The molecule has 2 aliphatic rings. The van der Waals surface area contributed by atoms with Crippen LogP contribution in [0.3, 0.4) is 0 Å². The Morgan fingerprint density at radius 1 is 1.28 bits per heavy atom. The van der Waals surface area contributed by atoms with Gasteiger partial charge in [-0.1, -0.05) is 24.3 Å². The van der Waals surface area contributed by atoms with E-state index in [4.69, 9.17) is 4.74 Å². The Morgan fingerprint density at radius 3 is 2.69 bits per heavy atom. The summed E-state index contributed by atoms with van der Waals surface area (Å²) in [5.74, 6) is -1.03. The van der Waals surface area contributed by atoms with Crippen molar-refractivity contribution in [1.82, 2.24) is 10.2 Å². The van der Waals surface area contributed by atoms with Crippen LogP contribution in [0.5, 0.6) is 5.75 Å². The van der Waals surface area contributed by atoms with Crippen molar-refractivity contribution in [1.29, 1.82) is 0 Å². The lowest BCUT2D eigenvalue weighted by atomic mass is 9.78. The number of ether oxygens (including phenoxy) is 1. The number of methoxy groups -OCH3 is 1. The van der Waals surface area contributed by atoms with Crippen LogP contribution in [0.4, 0.5) is 16.2 Å². The number of anilines is 1. The van der Waals surface area contributed by atoms with Crippen molar-refractivity contribution in [3.63, 3.8) is 0 Å². The largest absolute Gasteiger partial charge is 0.490 e. The maximum Gasteiger partial charge on any atom is 0.325 e. The van der Waals surface area contributed by atoms with Crippen molar-refractivity contribution in [3.05, 3.63) is 63.2 Å². The van der Waals surface area contributed by atoms with Crippen LogP contribution in [0, 0.1) is 17.0 Å². The molecule has 1 atom stereocenters. The topological polar surface area (TPSA) is 131 Å². The second kappa shape index (κ2) is 7.95. The van der Waals surface area contributed by atoms with Gasteiger partial charge in [-0.15, -0.1) is 0 Å². The maximum absolute atomic E-state index is 13.1. The fourth-order valence-corrected chi connectivity index (χ4v) is 4.29. The van der Waals surface area contributed by atoms with Crippen molar-refractivity contribution in [2.45, 2.75) is 31.7 Å². The van der Waals surface area contributed by atoms with Crippen molar-refractivity contribution in [2.24, 2.45) is 0 Å². The van der Waals surface area contributed by atoms with E-state index < -0.39 is 34.9 Å². The highest BCUT2D eigenvalue weighted by Crippen LogP contribution is 2.34. The van der Waals surface area contributed by atoms with Crippen LogP contribution in [0.25, 0.3) is 0 Å². The molecule has 0 radical (unpaired) electrons. The number of nitrogens with one attached hydrogen (secondary N) is 2. The summed E-state index contributed by atoms with van der Waals surface area (Å²) < 4.78 is 5.03. The minimum atomic E-state index is -1.04. The first-order chi connectivity index (χ1) is 15.2. The van der Waals surface area contributed by atoms with E-state index in [-0.39, 0.29) is 11.4 Å². The van der Waals surface area contributed by atoms with Crippen LogP contribution < -0.4 is 15.4 Å². The second-order valence-electron chi connectivity index (χ2n) is 7.99. The first-order valence-electron chi connectivity index (χ1n) is 10.1. The SMILES string of the molecule is COc1cc(NC(=O)CN2C(=O)NC3(CCc4ccccc4C3)C2=O)c(C)cc1[N+](=O)[O-]. The number of urea groups is 1. The number of hydrogen-bond donors (Lipinski definition) is 2. The molecule has 166 valence electrons. The van der Waals surface area contributed by atoms with Gasteiger partial charge >= 0.3 is 11.7 Å². The number of nitrogens with zero attached hydrogens (tertiary/aromatic N) is 2. The molecule has 0 saturated carbocycles. The maximum atomic E-state index is 13.1. The molecule has 1 heterocycles. The van der Waals surface area contributed by atoms with Gasteiger partial charge in [0.2, 0.25) is 5.91 Å². The fourth-order valence-electron chi connectivity index (χ4n) is 4.29. The number of rotatable bonds is 5. The molecule has 1 saturated heterocycles. The Morgan fingerprint density at radius 2 is 2.00 bits per heavy atom. The van der Waals surface area contributed by atoms with Crippen molar-refractivity contribution in [2.75, 3.05) is 19.0 Å². The van der Waals surface area contributed by atoms with Gasteiger partial charge in [-0.3, -0.25) is 24.6 Å². The summed E-state index contributed by atoms with van der Waals surface area (Å²) in [5.41, 5.74) is 1.63. The molecule has 1 aliphatic heterocycles. The number of imide groups is 1. The summed E-state index contributed by atoms with van der Waals surface area (Å²) in [7, 11) is 1.29. The van der Waals surface area contributed by atoms with E-state index >= 15 is 0 Å². The predicted octanol–water partition coefficient (Wildman–Crippen LogP) is 2.33. The van der Waals surface area contributed by atoms with Gasteiger partial charge in [0, 0.05) is 24.2 Å². The number of nitro groups is 1. The number of aryl methyl sites for hydroxylation is 2. The molecule has 1 spiro atoms. The number of nitro benzene ring substituents is 1. The summed E-state index contributed by atoms with van der Waals surface area (Å²) in [6.45, 7) is 1.14. The van der Waals surface area contributed by atoms with Gasteiger partial charge in [-0.25, -0.2) is 4.79 Å². The Labute approximate surface area is 183 Å². The monoisotopic (exact) mass is 438 g/mol. The third kappa shape index (κ3) is 3.64. The van der Waals surface area contributed by atoms with Gasteiger partial charge < -0.3 is 15.4 Å². The lowest BCUT2D eigenvalue weighted by Crippen LogP contribution is -2.51. The highest BCUT2D eigenvalue weighted by atomic mass is 16.6. The van der Waals surface area contributed by atoms with Crippen LogP contribution in [-0.2, 0) is 22.4 Å². The Kier molecular flexibility index (Phi) is 5.29. The Bertz CT molecular complexity index is 1150. The molecular weight excluding hydrogens is 416 g/mol. The van der Waals surface area contributed by atoms with E-state index in [2.05, 4.69) is 10.6 Å². The third-order valence-corrected chi connectivity index (χ3v) is 5.98. The number of hydrogen-bond acceptors (Lipinski definition) is 6. The van der Waals surface area contributed by atoms with Crippen LogP contribution in [0.1, 0.15) is 23.1 Å². The minimum absolute atomic E-state index is 0.00860. The van der Waals surface area contributed by atoms with Crippen LogP contribution in [0.2, 0.25) is 0 Å². The first-order valence-corrected chi connectivity index (χ1v) is 10.1. The highest BCUT2D eigenvalue weighted by molar-refractivity contribution is 6.10. The summed E-state index contributed by atoms with van der Waals surface area (Å²) in [6.07, 6.45) is 1.50. The van der Waals surface area contributed by atoms with Gasteiger partial charge in [0.25, 0.3) is 5.91 Å². The molecule has 10 heteroatoms. The van der Waals surface area contributed by atoms with E-state index in [0.29, 0.717) is 30.5 Å². The zero-order chi connectivity index (χ0) is 23.0. The standard InChI is InChI=1S/C22H22N4O6/c1-13-9-17(26(30)31)18(32-2)10-16(13)23-19(27)12-25-20(28)22(24-21(25)29)8-7-14-5-3-4-6-15(14)11-22/h3-6,9-10H,7-8,11-12H2,1-2H3,(H,23,27)(H,24,29). The molecule has 1 fully saturated rings. The molecule has 2 N–H and O–H groups in total. The smallest absolute Gasteiger partial charge is 0.325 e. The van der Waals surface area contributed by atoms with Gasteiger partial charge in [0.05, 0.1) is 12.0 Å². The first kappa shape index (κ1) is 21.3. The lowest BCUT2D eigenvalue weighted by Gasteiger charge is -2.32. The third-order valence-electron chi connectivity index (χ3n) is 5.98. The molecule has 4 rings (SSSR count). The number of carbonyl (C=O) groups is 3. The number of fused-ring (bicyclic) bond motifs is 1. The van der Waals surface area contributed by atoms with E-state index in [1.165, 1.54) is 19.2 Å². The molecule has 1 aliphatic carbocycles. The molecule has 0 bridgehead atoms. The second-order valence-corrected chi connectivity index (χ2v) is 7.99. The molecular formula is C22H22N4O6. The number of benzene rings is 2. The zero-order valence-corrected chi connectivity index (χ0v) is 17.6. The molecule has 1 unspecified atom stereocenters. The van der Waals surface area contributed by atoms with E-state index in [9.17, 15) is 24.5 Å². The lowest BCUT2D eigenvalue weighted by molar-refractivity contribution is -0.385. The molecule has 10 nitrogen and oxygen atoms in total. The average Bonchev–Trinajstić information content (AvgIpc) is 2.98. The molecule has 4 amide bonds. The molecule has 0 aromatic heterocycles. The van der Waals surface area contributed by atoms with Crippen LogP contribution in [-0.4, -0.2) is 46.9 Å². The van der Waals surface area contributed by atoms with E-state index in [1.807, 2.05) is 24.3 Å². The summed E-state index contributed by atoms with van der Waals surface area (Å²) in [4.78, 5) is 49.8. The minimum Gasteiger partial charge on any atom is -0.490 e. The van der Waals surface area contributed by atoms with Gasteiger partial charge in [0.1, 0.15) is 12.1 Å². The molecule has 2 aromatic carbocycles. The van der Waals surface area contributed by atoms with Crippen LogP contribution in [0.15, 0.2) is 36.4 Å². The van der Waals surface area contributed by atoms with Gasteiger partial charge in [-0.2, -0.15) is 0 Å². The molecule has 2 aromatic rings. The molecule has 32 heavy (non-hydrogen) atoms. The van der Waals surface area contributed by atoms with Crippen molar-refractivity contribution >= 4 is 29.2 Å². The quantitative estimate of drug-likeness (QED) is 0.419. The average molecular weight is 438 g/mol. The highest BCUT2D eigenvalue weighted by Gasteiger charge is 2.52. The fraction of sp³-hybridized carbons (Fsp3) is 0.318. The predicted molar refractivity (Wildman–Crippen MR) is 114 cm³/mol. The van der Waals surface area contributed by atoms with Crippen molar-refractivity contribution < 1.29 is 24.0 Å². The summed E-state index contributed by atoms with van der Waals surface area (Å²) >= 11 is 0. The normalized spacial score (nSPS) is 19.5. The van der Waals surface area contributed by atoms with E-state index in [0.717, 1.165) is 16.0 Å². The Hall–Kier alpha value is -3.95.